The summed E-state index contributed by atoms with van der Waals surface area (Å²) in [6.07, 6.45) is 3.09. The molecule has 0 saturated heterocycles. The highest BCUT2D eigenvalue weighted by Crippen LogP contribution is 2.25. The number of halogens is 1. The highest BCUT2D eigenvalue weighted by atomic mass is 79.9. The van der Waals surface area contributed by atoms with Crippen LogP contribution in [0.15, 0.2) is 65.7 Å². The van der Waals surface area contributed by atoms with Gasteiger partial charge in [-0.15, -0.1) is 0 Å². The fourth-order valence-electron chi connectivity index (χ4n) is 2.64. The first-order chi connectivity index (χ1) is 12.4. The van der Waals surface area contributed by atoms with Gasteiger partial charge in [-0.05, 0) is 42.3 Å². The standard InChI is InChI=1S/C18H19BrN4O2S/c1-14(16-6-8-18(9-7-16)23-13-20-12-21-23)22(2)26(24,25)11-15-4-3-5-17(19)10-15/h3-10,12-14H,11H2,1-2H3/t14-/m1/s1. The van der Waals surface area contributed by atoms with Crippen molar-refractivity contribution >= 4 is 26.0 Å². The molecule has 3 aromatic rings. The molecule has 0 bridgehead atoms. The first-order valence-corrected chi connectivity index (χ1v) is 10.4. The van der Waals surface area contributed by atoms with Crippen LogP contribution >= 0.6 is 15.9 Å². The Kier molecular flexibility index (Phi) is 5.55. The molecule has 2 aromatic carbocycles. The summed E-state index contributed by atoms with van der Waals surface area (Å²) in [5.41, 5.74) is 2.53. The average molecular weight is 435 g/mol. The van der Waals surface area contributed by atoms with Crippen LogP contribution in [0.5, 0.6) is 0 Å². The molecule has 1 heterocycles. The van der Waals surface area contributed by atoms with Crippen molar-refractivity contribution in [2.45, 2.75) is 18.7 Å². The van der Waals surface area contributed by atoms with Gasteiger partial charge in [-0.1, -0.05) is 40.2 Å². The normalized spacial score (nSPS) is 13.1. The Balaban J connectivity index is 1.76. The largest absolute Gasteiger partial charge is 0.223 e. The minimum Gasteiger partial charge on any atom is -0.223 e. The molecule has 0 N–H and O–H groups in total. The maximum atomic E-state index is 12.8. The summed E-state index contributed by atoms with van der Waals surface area (Å²) in [5, 5.41) is 4.08. The Hall–Kier alpha value is -2.03. The maximum absolute atomic E-state index is 12.8. The summed E-state index contributed by atoms with van der Waals surface area (Å²) in [7, 11) is -1.83. The fraction of sp³-hybridized carbons (Fsp3) is 0.222. The topological polar surface area (TPSA) is 68.1 Å². The Labute approximate surface area is 161 Å². The zero-order valence-electron chi connectivity index (χ0n) is 14.4. The van der Waals surface area contributed by atoms with Crippen LogP contribution in [-0.2, 0) is 15.8 Å². The number of rotatable bonds is 6. The minimum atomic E-state index is -3.45. The molecule has 0 amide bonds. The van der Waals surface area contributed by atoms with E-state index in [9.17, 15) is 8.42 Å². The number of hydrogen-bond donors (Lipinski definition) is 0. The van der Waals surface area contributed by atoms with Crippen molar-refractivity contribution in [3.63, 3.8) is 0 Å². The third-order valence-corrected chi connectivity index (χ3v) is 6.67. The summed E-state index contributed by atoms with van der Waals surface area (Å²) in [4.78, 5) is 3.92. The molecular weight excluding hydrogens is 416 g/mol. The summed E-state index contributed by atoms with van der Waals surface area (Å²) in [6, 6.07) is 14.7. The molecule has 3 rings (SSSR count). The third-order valence-electron chi connectivity index (χ3n) is 4.28. The van der Waals surface area contributed by atoms with E-state index in [2.05, 4.69) is 26.0 Å². The molecule has 6 nitrogen and oxygen atoms in total. The predicted octanol–water partition coefficient (Wildman–Crippen LogP) is 3.55. The zero-order valence-corrected chi connectivity index (χ0v) is 16.9. The maximum Gasteiger partial charge on any atom is 0.218 e. The predicted molar refractivity (Wildman–Crippen MR) is 104 cm³/mol. The lowest BCUT2D eigenvalue weighted by molar-refractivity contribution is 0.398. The van der Waals surface area contributed by atoms with Crippen LogP contribution in [0.2, 0.25) is 0 Å². The van der Waals surface area contributed by atoms with Gasteiger partial charge in [0.05, 0.1) is 11.4 Å². The number of hydrogen-bond acceptors (Lipinski definition) is 4. The van der Waals surface area contributed by atoms with E-state index in [0.29, 0.717) is 0 Å². The van der Waals surface area contributed by atoms with E-state index in [4.69, 9.17) is 0 Å². The lowest BCUT2D eigenvalue weighted by atomic mass is 10.1. The van der Waals surface area contributed by atoms with Crippen molar-refractivity contribution in [2.75, 3.05) is 7.05 Å². The third kappa shape index (κ3) is 4.20. The van der Waals surface area contributed by atoms with Crippen molar-refractivity contribution in [1.82, 2.24) is 19.1 Å². The summed E-state index contributed by atoms with van der Waals surface area (Å²) in [5.74, 6) is -0.0374. The van der Waals surface area contributed by atoms with Crippen molar-refractivity contribution in [2.24, 2.45) is 0 Å². The molecule has 0 saturated carbocycles. The van der Waals surface area contributed by atoms with E-state index < -0.39 is 10.0 Å². The van der Waals surface area contributed by atoms with Crippen molar-refractivity contribution < 1.29 is 8.42 Å². The Bertz CT molecular complexity index is 973. The number of aromatic nitrogens is 3. The number of benzene rings is 2. The number of sulfonamides is 1. The molecule has 0 aliphatic carbocycles. The van der Waals surface area contributed by atoms with Crippen LogP contribution in [0.1, 0.15) is 24.1 Å². The Morgan fingerprint density at radius 2 is 1.92 bits per heavy atom. The highest BCUT2D eigenvalue weighted by molar-refractivity contribution is 9.10. The van der Waals surface area contributed by atoms with Gasteiger partial charge in [-0.3, -0.25) is 0 Å². The monoisotopic (exact) mass is 434 g/mol. The second kappa shape index (κ2) is 7.69. The molecular formula is C18H19BrN4O2S. The van der Waals surface area contributed by atoms with Crippen LogP contribution in [0.4, 0.5) is 0 Å². The first-order valence-electron chi connectivity index (χ1n) is 8.02. The average Bonchev–Trinajstić information content (AvgIpc) is 3.15. The van der Waals surface area contributed by atoms with Gasteiger partial charge in [0.25, 0.3) is 0 Å². The second-order valence-corrected chi connectivity index (χ2v) is 8.95. The van der Waals surface area contributed by atoms with Crippen LogP contribution in [0.25, 0.3) is 5.69 Å². The second-order valence-electron chi connectivity index (χ2n) is 6.01. The number of nitrogens with zero attached hydrogens (tertiary/aromatic N) is 4. The van der Waals surface area contributed by atoms with Gasteiger partial charge in [0.1, 0.15) is 12.7 Å². The lowest BCUT2D eigenvalue weighted by Gasteiger charge is -2.25. The summed E-state index contributed by atoms with van der Waals surface area (Å²) < 4.78 is 29.5. The molecule has 1 atom stereocenters. The smallest absolute Gasteiger partial charge is 0.218 e. The quantitative estimate of drug-likeness (QED) is 0.594. The Morgan fingerprint density at radius 1 is 1.19 bits per heavy atom. The van der Waals surface area contributed by atoms with E-state index in [-0.39, 0.29) is 11.8 Å². The van der Waals surface area contributed by atoms with E-state index in [1.807, 2.05) is 55.5 Å². The summed E-state index contributed by atoms with van der Waals surface area (Å²) in [6.45, 7) is 1.88. The molecule has 8 heteroatoms. The first kappa shape index (κ1) is 18.8. The Morgan fingerprint density at radius 3 is 2.54 bits per heavy atom. The molecule has 136 valence electrons. The SMILES string of the molecule is C[C@H](c1ccc(-n2cncn2)cc1)N(C)S(=O)(=O)Cc1cccc(Br)c1. The summed E-state index contributed by atoms with van der Waals surface area (Å²) >= 11 is 3.38. The molecule has 0 aliphatic heterocycles. The van der Waals surface area contributed by atoms with E-state index >= 15 is 0 Å². The van der Waals surface area contributed by atoms with Gasteiger partial charge in [0.15, 0.2) is 0 Å². The van der Waals surface area contributed by atoms with Crippen molar-refractivity contribution in [3.8, 4) is 5.69 Å². The van der Waals surface area contributed by atoms with Crippen molar-refractivity contribution in [3.05, 3.63) is 76.8 Å². The van der Waals surface area contributed by atoms with E-state index in [0.717, 1.165) is 21.3 Å². The van der Waals surface area contributed by atoms with Gasteiger partial charge < -0.3 is 0 Å². The van der Waals surface area contributed by atoms with Gasteiger partial charge in [-0.2, -0.15) is 9.40 Å². The van der Waals surface area contributed by atoms with Crippen LogP contribution in [-0.4, -0.2) is 34.5 Å². The van der Waals surface area contributed by atoms with E-state index in [1.54, 1.807) is 18.1 Å². The molecule has 0 aliphatic rings. The van der Waals surface area contributed by atoms with Gasteiger partial charge in [-0.25, -0.2) is 18.1 Å². The minimum absolute atomic E-state index is 0.0374. The fourth-order valence-corrected chi connectivity index (χ4v) is 4.49. The molecule has 26 heavy (non-hydrogen) atoms. The molecule has 1 aromatic heterocycles. The van der Waals surface area contributed by atoms with E-state index in [1.165, 1.54) is 10.6 Å². The van der Waals surface area contributed by atoms with Gasteiger partial charge in [0.2, 0.25) is 10.0 Å². The lowest BCUT2D eigenvalue weighted by Crippen LogP contribution is -2.30. The molecule has 0 radical (unpaired) electrons. The molecule has 0 fully saturated rings. The van der Waals surface area contributed by atoms with Crippen LogP contribution < -0.4 is 0 Å². The highest BCUT2D eigenvalue weighted by Gasteiger charge is 2.24. The molecule has 0 spiro atoms. The van der Waals surface area contributed by atoms with Gasteiger partial charge >= 0.3 is 0 Å². The molecule has 0 unspecified atom stereocenters. The van der Waals surface area contributed by atoms with Gasteiger partial charge in [0, 0.05) is 17.6 Å². The van der Waals surface area contributed by atoms with Crippen molar-refractivity contribution in [1.29, 1.82) is 0 Å². The van der Waals surface area contributed by atoms with Crippen LogP contribution in [0.3, 0.4) is 0 Å². The zero-order chi connectivity index (χ0) is 18.7. The van der Waals surface area contributed by atoms with Crippen LogP contribution in [0, 0.1) is 0 Å².